The molecule has 0 heterocycles. The van der Waals surface area contributed by atoms with Crippen molar-refractivity contribution < 1.29 is 0 Å². The van der Waals surface area contributed by atoms with Gasteiger partial charge in [0.1, 0.15) is 0 Å². The van der Waals surface area contributed by atoms with E-state index in [1.165, 1.54) is 19.3 Å². The standard InChI is InChI=1S/C13H18Cl2N2S/c1-2-3-4-5-6-16-13(18)17-12-8-10(14)7-11(15)9-12/h7-9H,2-6H2,1H3,(H2,16,17,18). The van der Waals surface area contributed by atoms with Crippen molar-refractivity contribution in [3.8, 4) is 0 Å². The monoisotopic (exact) mass is 304 g/mol. The van der Waals surface area contributed by atoms with Gasteiger partial charge < -0.3 is 10.6 Å². The van der Waals surface area contributed by atoms with E-state index in [2.05, 4.69) is 17.6 Å². The zero-order valence-corrected chi connectivity index (χ0v) is 12.8. The van der Waals surface area contributed by atoms with Gasteiger partial charge in [-0.25, -0.2) is 0 Å². The van der Waals surface area contributed by atoms with Gasteiger partial charge >= 0.3 is 0 Å². The summed E-state index contributed by atoms with van der Waals surface area (Å²) in [6, 6.07) is 5.27. The lowest BCUT2D eigenvalue weighted by molar-refractivity contribution is 0.655. The van der Waals surface area contributed by atoms with Crippen LogP contribution in [0.25, 0.3) is 0 Å². The number of benzene rings is 1. The van der Waals surface area contributed by atoms with Crippen molar-refractivity contribution in [1.82, 2.24) is 5.32 Å². The summed E-state index contributed by atoms with van der Waals surface area (Å²) >= 11 is 17.0. The number of anilines is 1. The third kappa shape index (κ3) is 6.43. The van der Waals surface area contributed by atoms with Crippen LogP contribution in [0.1, 0.15) is 32.6 Å². The molecule has 0 atom stereocenters. The van der Waals surface area contributed by atoms with Gasteiger partial charge in [0.05, 0.1) is 0 Å². The first-order chi connectivity index (χ1) is 8.61. The second kappa shape index (κ2) is 8.57. The van der Waals surface area contributed by atoms with E-state index in [0.717, 1.165) is 18.7 Å². The first kappa shape index (κ1) is 15.5. The predicted molar refractivity (Wildman–Crippen MR) is 84.8 cm³/mol. The summed E-state index contributed by atoms with van der Waals surface area (Å²) in [4.78, 5) is 0. The van der Waals surface area contributed by atoms with Crippen molar-refractivity contribution in [1.29, 1.82) is 0 Å². The van der Waals surface area contributed by atoms with E-state index in [-0.39, 0.29) is 0 Å². The fourth-order valence-electron chi connectivity index (χ4n) is 1.55. The Morgan fingerprint density at radius 1 is 1.11 bits per heavy atom. The average Bonchev–Trinajstić information content (AvgIpc) is 2.27. The van der Waals surface area contributed by atoms with Crippen molar-refractivity contribution in [2.24, 2.45) is 0 Å². The summed E-state index contributed by atoms with van der Waals surface area (Å²) in [5.74, 6) is 0. The maximum atomic E-state index is 5.91. The molecule has 100 valence electrons. The van der Waals surface area contributed by atoms with E-state index in [1.54, 1.807) is 18.2 Å². The molecule has 0 saturated carbocycles. The van der Waals surface area contributed by atoms with Crippen LogP contribution in [0.4, 0.5) is 5.69 Å². The Labute approximate surface area is 124 Å². The summed E-state index contributed by atoms with van der Waals surface area (Å²) in [6.45, 7) is 3.09. The fourth-order valence-corrected chi connectivity index (χ4v) is 2.30. The van der Waals surface area contributed by atoms with Gasteiger partial charge in [0, 0.05) is 22.3 Å². The van der Waals surface area contributed by atoms with Gasteiger partial charge in [0.25, 0.3) is 0 Å². The van der Waals surface area contributed by atoms with Gasteiger partial charge in [0.2, 0.25) is 0 Å². The molecular formula is C13H18Cl2N2S. The van der Waals surface area contributed by atoms with Crippen LogP contribution < -0.4 is 10.6 Å². The number of unbranched alkanes of at least 4 members (excludes halogenated alkanes) is 3. The molecule has 0 aromatic heterocycles. The third-order valence-corrected chi connectivity index (χ3v) is 3.12. The number of halogens is 2. The summed E-state index contributed by atoms with van der Waals surface area (Å²) < 4.78 is 0. The fraction of sp³-hybridized carbons (Fsp3) is 0.462. The van der Waals surface area contributed by atoms with Crippen molar-refractivity contribution in [3.63, 3.8) is 0 Å². The molecule has 1 aromatic carbocycles. The first-order valence-corrected chi connectivity index (χ1v) is 7.29. The van der Waals surface area contributed by atoms with Crippen LogP contribution in [0.5, 0.6) is 0 Å². The molecule has 5 heteroatoms. The maximum Gasteiger partial charge on any atom is 0.170 e. The maximum absolute atomic E-state index is 5.91. The molecule has 18 heavy (non-hydrogen) atoms. The van der Waals surface area contributed by atoms with Crippen LogP contribution in [0.2, 0.25) is 10.0 Å². The highest BCUT2D eigenvalue weighted by Gasteiger charge is 2.00. The number of nitrogens with one attached hydrogen (secondary N) is 2. The average molecular weight is 305 g/mol. The zero-order chi connectivity index (χ0) is 13.4. The summed E-state index contributed by atoms with van der Waals surface area (Å²) in [5, 5.41) is 8.02. The Kier molecular flexibility index (Phi) is 7.40. The molecule has 1 rings (SSSR count). The summed E-state index contributed by atoms with van der Waals surface area (Å²) in [7, 11) is 0. The topological polar surface area (TPSA) is 24.1 Å². The lowest BCUT2D eigenvalue weighted by Gasteiger charge is -2.11. The smallest absolute Gasteiger partial charge is 0.170 e. The molecular weight excluding hydrogens is 287 g/mol. The van der Waals surface area contributed by atoms with E-state index in [0.29, 0.717) is 15.2 Å². The molecule has 0 amide bonds. The number of thiocarbonyl (C=S) groups is 1. The minimum Gasteiger partial charge on any atom is -0.362 e. The predicted octanol–water partition coefficient (Wildman–Crippen LogP) is 4.86. The Morgan fingerprint density at radius 3 is 2.39 bits per heavy atom. The highest BCUT2D eigenvalue weighted by molar-refractivity contribution is 7.80. The van der Waals surface area contributed by atoms with Gasteiger partial charge in [-0.3, -0.25) is 0 Å². The molecule has 0 unspecified atom stereocenters. The van der Waals surface area contributed by atoms with Gasteiger partial charge in [-0.1, -0.05) is 49.4 Å². The Morgan fingerprint density at radius 2 is 1.78 bits per heavy atom. The van der Waals surface area contributed by atoms with Gasteiger partial charge in [-0.2, -0.15) is 0 Å². The normalized spacial score (nSPS) is 10.2. The lowest BCUT2D eigenvalue weighted by Crippen LogP contribution is -2.29. The van der Waals surface area contributed by atoms with Crippen LogP contribution >= 0.6 is 35.4 Å². The van der Waals surface area contributed by atoms with Crippen molar-refractivity contribution in [2.45, 2.75) is 32.6 Å². The van der Waals surface area contributed by atoms with E-state index < -0.39 is 0 Å². The summed E-state index contributed by atoms with van der Waals surface area (Å²) in [6.07, 6.45) is 4.87. The minimum atomic E-state index is 0.593. The van der Waals surface area contributed by atoms with E-state index in [9.17, 15) is 0 Å². The largest absolute Gasteiger partial charge is 0.362 e. The van der Waals surface area contributed by atoms with E-state index in [4.69, 9.17) is 35.4 Å². The van der Waals surface area contributed by atoms with Gasteiger partial charge in [-0.05, 0) is 36.8 Å². The number of hydrogen-bond donors (Lipinski definition) is 2. The third-order valence-electron chi connectivity index (χ3n) is 2.44. The second-order valence-electron chi connectivity index (χ2n) is 4.10. The quantitative estimate of drug-likeness (QED) is 0.580. The van der Waals surface area contributed by atoms with Crippen LogP contribution in [-0.4, -0.2) is 11.7 Å². The number of hydrogen-bond acceptors (Lipinski definition) is 1. The Hall–Kier alpha value is -0.510. The Bertz CT molecular complexity index is 376. The lowest BCUT2D eigenvalue weighted by atomic mass is 10.2. The van der Waals surface area contributed by atoms with Crippen LogP contribution in [0, 0.1) is 0 Å². The molecule has 0 aliphatic heterocycles. The second-order valence-corrected chi connectivity index (χ2v) is 5.38. The van der Waals surface area contributed by atoms with Crippen molar-refractivity contribution >= 4 is 46.2 Å². The molecule has 0 bridgehead atoms. The van der Waals surface area contributed by atoms with Crippen LogP contribution in [0.3, 0.4) is 0 Å². The van der Waals surface area contributed by atoms with Gasteiger partial charge in [0.15, 0.2) is 5.11 Å². The minimum absolute atomic E-state index is 0.593. The molecule has 2 N–H and O–H groups in total. The SMILES string of the molecule is CCCCCCNC(=S)Nc1cc(Cl)cc(Cl)c1. The Balaban J connectivity index is 2.31. The molecule has 2 nitrogen and oxygen atoms in total. The highest BCUT2D eigenvalue weighted by atomic mass is 35.5. The number of rotatable bonds is 6. The molecule has 1 aromatic rings. The van der Waals surface area contributed by atoms with E-state index >= 15 is 0 Å². The highest BCUT2D eigenvalue weighted by Crippen LogP contribution is 2.22. The van der Waals surface area contributed by atoms with Crippen LogP contribution in [0.15, 0.2) is 18.2 Å². The van der Waals surface area contributed by atoms with Crippen molar-refractivity contribution in [2.75, 3.05) is 11.9 Å². The van der Waals surface area contributed by atoms with Crippen molar-refractivity contribution in [3.05, 3.63) is 28.2 Å². The molecule has 0 aliphatic rings. The molecule has 0 saturated heterocycles. The molecule has 0 spiro atoms. The zero-order valence-electron chi connectivity index (χ0n) is 10.4. The molecule has 0 fully saturated rings. The van der Waals surface area contributed by atoms with Gasteiger partial charge in [-0.15, -0.1) is 0 Å². The van der Waals surface area contributed by atoms with E-state index in [1.807, 2.05) is 0 Å². The molecule has 0 aliphatic carbocycles. The first-order valence-electron chi connectivity index (χ1n) is 6.12. The summed E-state index contributed by atoms with van der Waals surface area (Å²) in [5.41, 5.74) is 0.804. The van der Waals surface area contributed by atoms with Crippen LogP contribution in [-0.2, 0) is 0 Å². The molecule has 0 radical (unpaired) electrons.